The molecule has 2 amide bonds. The molecule has 9 nitrogen and oxygen atoms in total. The smallest absolute Gasteiger partial charge is 0.287 e. The van der Waals surface area contributed by atoms with Crippen molar-refractivity contribution in [1.29, 1.82) is 0 Å². The summed E-state index contributed by atoms with van der Waals surface area (Å²) in [6, 6.07) is 16.9. The van der Waals surface area contributed by atoms with Crippen LogP contribution in [0.1, 0.15) is 21.7 Å². The third kappa shape index (κ3) is 4.36. The van der Waals surface area contributed by atoms with Gasteiger partial charge in [-0.2, -0.15) is 9.78 Å². The van der Waals surface area contributed by atoms with E-state index in [2.05, 4.69) is 20.4 Å². The molecule has 2 aromatic carbocycles. The van der Waals surface area contributed by atoms with E-state index in [1.54, 1.807) is 43.5 Å². The summed E-state index contributed by atoms with van der Waals surface area (Å²) >= 11 is 0. The van der Waals surface area contributed by atoms with Crippen LogP contribution in [0.3, 0.4) is 0 Å². The Morgan fingerprint density at radius 1 is 1.06 bits per heavy atom. The molecule has 1 unspecified atom stereocenters. The van der Waals surface area contributed by atoms with Crippen LogP contribution in [0.4, 0.5) is 0 Å². The lowest BCUT2D eigenvalue weighted by atomic mass is 10.0. The molecule has 0 saturated carbocycles. The SMILES string of the molecule is Cc1cc(C(=O)NC(Cc2ccccc2)C(=O)C(N)=O)n(-c2ncc3ccccc3n2)n1. The lowest BCUT2D eigenvalue weighted by molar-refractivity contribution is -0.137. The average Bonchev–Trinajstić information content (AvgIpc) is 3.20. The topological polar surface area (TPSA) is 133 Å². The number of aromatic nitrogens is 4. The molecule has 160 valence electrons. The standard InChI is InChI=1S/C23H20N6O3/c1-14-11-19(29(28-14)23-25-13-16-9-5-6-10-17(16)27-23)22(32)26-18(20(30)21(24)31)12-15-7-3-2-4-8-15/h2-11,13,18H,12H2,1H3,(H2,24,31)(H,26,32). The Morgan fingerprint density at radius 2 is 1.78 bits per heavy atom. The molecule has 0 saturated heterocycles. The fourth-order valence-corrected chi connectivity index (χ4v) is 3.34. The van der Waals surface area contributed by atoms with Gasteiger partial charge in [0, 0.05) is 18.0 Å². The predicted octanol–water partition coefficient (Wildman–Crippen LogP) is 1.52. The van der Waals surface area contributed by atoms with Gasteiger partial charge < -0.3 is 11.1 Å². The summed E-state index contributed by atoms with van der Waals surface area (Å²) in [5.74, 6) is -2.39. The number of hydrogen-bond acceptors (Lipinski definition) is 6. The first-order chi connectivity index (χ1) is 15.4. The number of Topliss-reactive ketones (excluding diaryl/α,β-unsaturated/α-hetero) is 1. The second-order valence-electron chi connectivity index (χ2n) is 7.26. The van der Waals surface area contributed by atoms with Crippen LogP contribution in [-0.4, -0.2) is 43.4 Å². The summed E-state index contributed by atoms with van der Waals surface area (Å²) in [4.78, 5) is 45.8. The van der Waals surface area contributed by atoms with Gasteiger partial charge in [-0.05, 0) is 24.6 Å². The van der Waals surface area contributed by atoms with Crippen molar-refractivity contribution in [2.24, 2.45) is 5.73 Å². The van der Waals surface area contributed by atoms with Crippen molar-refractivity contribution in [2.45, 2.75) is 19.4 Å². The van der Waals surface area contributed by atoms with E-state index in [0.717, 1.165) is 10.9 Å². The number of primary amides is 1. The molecule has 0 aliphatic carbocycles. The largest absolute Gasteiger partial charge is 0.363 e. The molecule has 0 bridgehead atoms. The van der Waals surface area contributed by atoms with E-state index in [-0.39, 0.29) is 18.1 Å². The molecule has 4 rings (SSSR count). The highest BCUT2D eigenvalue weighted by Gasteiger charge is 2.27. The fourth-order valence-electron chi connectivity index (χ4n) is 3.34. The Kier molecular flexibility index (Phi) is 5.71. The molecule has 3 N–H and O–H groups in total. The number of hydrogen-bond donors (Lipinski definition) is 2. The van der Waals surface area contributed by atoms with Crippen LogP contribution < -0.4 is 11.1 Å². The lowest BCUT2D eigenvalue weighted by Crippen LogP contribution is -2.47. The third-order valence-electron chi connectivity index (χ3n) is 4.88. The quantitative estimate of drug-likeness (QED) is 0.429. The Balaban J connectivity index is 1.65. The van der Waals surface area contributed by atoms with Gasteiger partial charge in [-0.3, -0.25) is 14.4 Å². The van der Waals surface area contributed by atoms with E-state index in [0.29, 0.717) is 11.2 Å². The summed E-state index contributed by atoms with van der Waals surface area (Å²) in [7, 11) is 0. The molecule has 0 aliphatic rings. The number of carbonyl (C=O) groups excluding carboxylic acids is 3. The Morgan fingerprint density at radius 3 is 2.53 bits per heavy atom. The number of aryl methyl sites for hydroxylation is 1. The molecule has 2 aromatic heterocycles. The zero-order valence-electron chi connectivity index (χ0n) is 17.2. The van der Waals surface area contributed by atoms with Gasteiger partial charge in [0.15, 0.2) is 0 Å². The van der Waals surface area contributed by atoms with Crippen LogP contribution in [0.5, 0.6) is 0 Å². The van der Waals surface area contributed by atoms with Crippen LogP contribution in [0.25, 0.3) is 16.9 Å². The first kappa shape index (κ1) is 20.9. The van der Waals surface area contributed by atoms with E-state index >= 15 is 0 Å². The maximum absolute atomic E-state index is 13.1. The minimum absolute atomic E-state index is 0.119. The number of para-hydroxylation sites is 1. The van der Waals surface area contributed by atoms with E-state index in [9.17, 15) is 14.4 Å². The van der Waals surface area contributed by atoms with Crippen LogP contribution in [0, 0.1) is 6.92 Å². The fraction of sp³-hybridized carbons (Fsp3) is 0.130. The number of rotatable bonds is 7. The molecule has 0 aliphatic heterocycles. The van der Waals surface area contributed by atoms with Gasteiger partial charge in [0.25, 0.3) is 17.8 Å². The number of amides is 2. The second kappa shape index (κ2) is 8.76. The van der Waals surface area contributed by atoms with Crippen molar-refractivity contribution in [2.75, 3.05) is 0 Å². The van der Waals surface area contributed by atoms with Gasteiger partial charge in [-0.25, -0.2) is 9.97 Å². The van der Waals surface area contributed by atoms with Crippen molar-refractivity contribution >= 4 is 28.5 Å². The molecule has 0 fully saturated rings. The van der Waals surface area contributed by atoms with Crippen molar-refractivity contribution < 1.29 is 14.4 Å². The van der Waals surface area contributed by atoms with Crippen LogP contribution >= 0.6 is 0 Å². The van der Waals surface area contributed by atoms with E-state index in [1.165, 1.54) is 4.68 Å². The zero-order chi connectivity index (χ0) is 22.7. The number of ketones is 1. The first-order valence-corrected chi connectivity index (χ1v) is 9.89. The van der Waals surface area contributed by atoms with Crippen molar-refractivity contribution in [3.05, 3.63) is 83.8 Å². The number of fused-ring (bicyclic) bond motifs is 1. The van der Waals surface area contributed by atoms with Gasteiger partial charge in [0.2, 0.25) is 5.78 Å². The molecule has 0 radical (unpaired) electrons. The highest BCUT2D eigenvalue weighted by Crippen LogP contribution is 2.15. The third-order valence-corrected chi connectivity index (χ3v) is 4.88. The van der Waals surface area contributed by atoms with Crippen LogP contribution in [0.15, 0.2) is 66.9 Å². The van der Waals surface area contributed by atoms with Crippen molar-refractivity contribution in [3.63, 3.8) is 0 Å². The Labute approximate surface area is 183 Å². The molecule has 32 heavy (non-hydrogen) atoms. The monoisotopic (exact) mass is 428 g/mol. The van der Waals surface area contributed by atoms with Crippen molar-refractivity contribution in [3.8, 4) is 5.95 Å². The molecule has 9 heteroatoms. The predicted molar refractivity (Wildman–Crippen MR) is 117 cm³/mol. The Hall–Kier alpha value is -4.40. The lowest BCUT2D eigenvalue weighted by Gasteiger charge is -2.16. The maximum Gasteiger partial charge on any atom is 0.287 e. The van der Waals surface area contributed by atoms with Gasteiger partial charge in [0.1, 0.15) is 11.7 Å². The van der Waals surface area contributed by atoms with E-state index in [1.807, 2.05) is 30.3 Å². The number of nitrogens with zero attached hydrogens (tertiary/aromatic N) is 4. The average molecular weight is 428 g/mol. The summed E-state index contributed by atoms with van der Waals surface area (Å²) in [6.45, 7) is 1.73. The summed E-state index contributed by atoms with van der Waals surface area (Å²) in [5.41, 5.74) is 7.37. The van der Waals surface area contributed by atoms with E-state index in [4.69, 9.17) is 5.73 Å². The van der Waals surface area contributed by atoms with E-state index < -0.39 is 23.6 Å². The van der Waals surface area contributed by atoms with Gasteiger partial charge >= 0.3 is 0 Å². The zero-order valence-corrected chi connectivity index (χ0v) is 17.2. The van der Waals surface area contributed by atoms with Gasteiger partial charge in [-0.15, -0.1) is 0 Å². The van der Waals surface area contributed by atoms with Crippen molar-refractivity contribution in [1.82, 2.24) is 25.1 Å². The summed E-state index contributed by atoms with van der Waals surface area (Å²) in [5, 5.41) is 7.80. The van der Waals surface area contributed by atoms with Gasteiger partial charge in [-0.1, -0.05) is 48.5 Å². The molecule has 4 aromatic rings. The number of nitrogens with one attached hydrogen (secondary N) is 1. The maximum atomic E-state index is 13.1. The molecule has 1 atom stereocenters. The Bertz CT molecular complexity index is 1320. The normalized spacial score (nSPS) is 11.8. The van der Waals surface area contributed by atoms with Gasteiger partial charge in [0.05, 0.1) is 11.2 Å². The minimum Gasteiger partial charge on any atom is -0.363 e. The highest BCUT2D eigenvalue weighted by atomic mass is 16.2. The molecular weight excluding hydrogens is 408 g/mol. The number of benzene rings is 2. The second-order valence-corrected chi connectivity index (χ2v) is 7.26. The summed E-state index contributed by atoms with van der Waals surface area (Å²) in [6.07, 6.45) is 1.76. The molecule has 0 spiro atoms. The molecular formula is C23H20N6O3. The first-order valence-electron chi connectivity index (χ1n) is 9.89. The highest BCUT2D eigenvalue weighted by molar-refractivity contribution is 6.38. The molecule has 2 heterocycles. The number of nitrogens with two attached hydrogens (primary N) is 1. The van der Waals surface area contributed by atoms with Crippen LogP contribution in [0.2, 0.25) is 0 Å². The number of carbonyl (C=O) groups is 3. The van der Waals surface area contributed by atoms with Crippen LogP contribution in [-0.2, 0) is 16.0 Å². The minimum atomic E-state index is -1.12. The summed E-state index contributed by atoms with van der Waals surface area (Å²) < 4.78 is 1.31.